The van der Waals surface area contributed by atoms with Crippen LogP contribution in [0.15, 0.2) is 61.2 Å². The summed E-state index contributed by atoms with van der Waals surface area (Å²) in [5.74, 6) is 0.756. The van der Waals surface area contributed by atoms with Crippen LogP contribution < -0.4 is 4.74 Å². The Morgan fingerprint density at radius 3 is 2.59 bits per heavy atom. The zero-order valence-electron chi connectivity index (χ0n) is 14.8. The lowest BCUT2D eigenvalue weighted by Crippen LogP contribution is -2.45. The normalized spacial score (nSPS) is 16.1. The highest BCUT2D eigenvalue weighted by atomic mass is 16.5. The number of carbonyl (C=O) groups excluding carboxylic acids is 1. The lowest BCUT2D eigenvalue weighted by molar-refractivity contribution is -0.135. The second-order valence-electron chi connectivity index (χ2n) is 6.43. The van der Waals surface area contributed by atoms with Crippen LogP contribution in [0.1, 0.15) is 24.4 Å². The number of tetrazole rings is 1. The van der Waals surface area contributed by atoms with Crippen molar-refractivity contribution < 1.29 is 9.53 Å². The number of piperidine rings is 1. The van der Waals surface area contributed by atoms with Crippen molar-refractivity contribution in [3.8, 4) is 5.75 Å². The van der Waals surface area contributed by atoms with Gasteiger partial charge in [-0.05, 0) is 28.1 Å². The van der Waals surface area contributed by atoms with E-state index in [2.05, 4.69) is 20.5 Å². The Bertz CT molecular complexity index is 848. The molecule has 1 atom stereocenters. The lowest BCUT2D eigenvalue weighted by atomic mass is 10.0. The van der Waals surface area contributed by atoms with Crippen LogP contribution in [0, 0.1) is 0 Å². The Morgan fingerprint density at radius 2 is 1.93 bits per heavy atom. The highest BCUT2D eigenvalue weighted by molar-refractivity contribution is 5.83. The van der Waals surface area contributed by atoms with Crippen LogP contribution >= 0.6 is 0 Å². The largest absolute Gasteiger partial charge is 0.489 e. The Labute approximate surface area is 156 Å². The summed E-state index contributed by atoms with van der Waals surface area (Å²) in [7, 11) is 0. The molecule has 0 aliphatic carbocycles. The number of hydrogen-bond acceptors (Lipinski definition) is 6. The molecule has 0 bridgehead atoms. The first-order valence-corrected chi connectivity index (χ1v) is 8.94. The predicted octanol–water partition coefficient (Wildman–Crippen LogP) is 1.73. The molecular weight excluding hydrogens is 344 g/mol. The molecule has 0 unspecified atom stereocenters. The van der Waals surface area contributed by atoms with Gasteiger partial charge in [-0.1, -0.05) is 30.3 Å². The molecule has 3 aromatic rings. The highest BCUT2D eigenvalue weighted by Crippen LogP contribution is 2.23. The van der Waals surface area contributed by atoms with Gasteiger partial charge >= 0.3 is 0 Å². The third-order valence-corrected chi connectivity index (χ3v) is 4.67. The van der Waals surface area contributed by atoms with Gasteiger partial charge in [0, 0.05) is 32.1 Å². The maximum absolute atomic E-state index is 13.2. The molecule has 1 saturated heterocycles. The van der Waals surface area contributed by atoms with Crippen LogP contribution in [-0.4, -0.2) is 55.2 Å². The molecule has 27 heavy (non-hydrogen) atoms. The standard InChI is InChI=1S/C19H20N6O2/c26-19(18(25-14-21-22-23-25)15-5-2-1-3-6-15)24-11-8-16(9-12-24)27-17-7-4-10-20-13-17/h1-7,10,13-14,16,18H,8-9,11-12H2/t18-/m0/s1. The molecule has 1 aromatic carbocycles. The van der Waals surface area contributed by atoms with Crippen LogP contribution in [0.4, 0.5) is 0 Å². The minimum Gasteiger partial charge on any atom is -0.489 e. The molecule has 1 aliphatic heterocycles. The lowest BCUT2D eigenvalue weighted by Gasteiger charge is -2.34. The molecular formula is C19H20N6O2. The van der Waals surface area contributed by atoms with Crippen molar-refractivity contribution in [1.29, 1.82) is 0 Å². The van der Waals surface area contributed by atoms with E-state index in [0.29, 0.717) is 13.1 Å². The maximum Gasteiger partial charge on any atom is 0.252 e. The SMILES string of the molecule is O=C([C@H](c1ccccc1)n1cnnn1)N1CCC(Oc2cccnc2)CC1. The molecule has 0 radical (unpaired) electrons. The number of rotatable bonds is 5. The Hall–Kier alpha value is -3.29. The molecule has 1 fully saturated rings. The molecule has 0 saturated carbocycles. The molecule has 4 rings (SSSR count). The van der Waals surface area contributed by atoms with Gasteiger partial charge in [0.1, 0.15) is 18.2 Å². The molecule has 138 valence electrons. The number of ether oxygens (including phenoxy) is 1. The number of aromatic nitrogens is 5. The summed E-state index contributed by atoms with van der Waals surface area (Å²) in [4.78, 5) is 19.2. The Morgan fingerprint density at radius 1 is 1.11 bits per heavy atom. The van der Waals surface area contributed by atoms with E-state index in [-0.39, 0.29) is 12.0 Å². The van der Waals surface area contributed by atoms with Gasteiger partial charge in [-0.15, -0.1) is 5.10 Å². The minimum atomic E-state index is -0.558. The van der Waals surface area contributed by atoms with Crippen LogP contribution in [0.25, 0.3) is 0 Å². The second kappa shape index (κ2) is 7.94. The third kappa shape index (κ3) is 3.94. The summed E-state index contributed by atoms with van der Waals surface area (Å²) >= 11 is 0. The third-order valence-electron chi connectivity index (χ3n) is 4.67. The number of amides is 1. The van der Waals surface area contributed by atoms with Gasteiger partial charge in [0.05, 0.1) is 6.20 Å². The van der Waals surface area contributed by atoms with Gasteiger partial charge < -0.3 is 9.64 Å². The van der Waals surface area contributed by atoms with Crippen molar-refractivity contribution in [2.24, 2.45) is 0 Å². The number of carbonyl (C=O) groups is 1. The fraction of sp³-hybridized carbons (Fsp3) is 0.316. The first-order chi connectivity index (χ1) is 13.3. The van der Waals surface area contributed by atoms with Crippen molar-refractivity contribution >= 4 is 5.91 Å². The van der Waals surface area contributed by atoms with E-state index in [1.165, 1.54) is 11.0 Å². The average molecular weight is 364 g/mol. The zero-order chi connectivity index (χ0) is 18.5. The van der Waals surface area contributed by atoms with Crippen molar-refractivity contribution in [3.63, 3.8) is 0 Å². The first-order valence-electron chi connectivity index (χ1n) is 8.94. The zero-order valence-corrected chi connectivity index (χ0v) is 14.8. The van der Waals surface area contributed by atoms with E-state index < -0.39 is 6.04 Å². The Balaban J connectivity index is 1.44. The fourth-order valence-corrected chi connectivity index (χ4v) is 3.31. The van der Waals surface area contributed by atoms with Crippen LogP contribution in [0.2, 0.25) is 0 Å². The predicted molar refractivity (Wildman–Crippen MR) is 96.9 cm³/mol. The summed E-state index contributed by atoms with van der Waals surface area (Å²) < 4.78 is 7.47. The minimum absolute atomic E-state index is 0.00618. The summed E-state index contributed by atoms with van der Waals surface area (Å²) in [6.07, 6.45) is 6.54. The molecule has 8 heteroatoms. The van der Waals surface area contributed by atoms with Crippen molar-refractivity contribution in [3.05, 3.63) is 66.7 Å². The van der Waals surface area contributed by atoms with Gasteiger partial charge in [0.25, 0.3) is 5.91 Å². The topological polar surface area (TPSA) is 86.0 Å². The van der Waals surface area contributed by atoms with E-state index in [1.807, 2.05) is 47.4 Å². The number of pyridine rings is 1. The summed E-state index contributed by atoms with van der Waals surface area (Å²) in [6, 6.07) is 12.8. The number of benzene rings is 1. The number of likely N-dealkylation sites (tertiary alicyclic amines) is 1. The van der Waals surface area contributed by atoms with Crippen molar-refractivity contribution in [1.82, 2.24) is 30.1 Å². The molecule has 1 aliphatic rings. The second-order valence-corrected chi connectivity index (χ2v) is 6.43. The van der Waals surface area contributed by atoms with Gasteiger partial charge in [0.15, 0.2) is 6.04 Å². The monoisotopic (exact) mass is 364 g/mol. The number of hydrogen-bond donors (Lipinski definition) is 0. The maximum atomic E-state index is 13.2. The summed E-state index contributed by atoms with van der Waals surface area (Å²) in [5, 5.41) is 11.3. The summed E-state index contributed by atoms with van der Waals surface area (Å²) in [6.45, 7) is 1.27. The van der Waals surface area contributed by atoms with Gasteiger partial charge in [-0.25, -0.2) is 4.68 Å². The molecule has 0 N–H and O–H groups in total. The van der Waals surface area contributed by atoms with E-state index >= 15 is 0 Å². The first kappa shape index (κ1) is 17.1. The van der Waals surface area contributed by atoms with Gasteiger partial charge in [0.2, 0.25) is 0 Å². The van der Waals surface area contributed by atoms with E-state index in [0.717, 1.165) is 24.2 Å². The number of nitrogens with zero attached hydrogens (tertiary/aromatic N) is 6. The van der Waals surface area contributed by atoms with Crippen LogP contribution in [-0.2, 0) is 4.79 Å². The van der Waals surface area contributed by atoms with E-state index in [9.17, 15) is 4.79 Å². The molecule has 1 amide bonds. The van der Waals surface area contributed by atoms with Crippen LogP contribution in [0.3, 0.4) is 0 Å². The van der Waals surface area contributed by atoms with E-state index in [1.54, 1.807) is 12.4 Å². The van der Waals surface area contributed by atoms with Crippen molar-refractivity contribution in [2.45, 2.75) is 25.0 Å². The highest BCUT2D eigenvalue weighted by Gasteiger charge is 2.31. The van der Waals surface area contributed by atoms with Crippen molar-refractivity contribution in [2.75, 3.05) is 13.1 Å². The quantitative estimate of drug-likeness (QED) is 0.685. The fourth-order valence-electron chi connectivity index (χ4n) is 3.31. The molecule has 8 nitrogen and oxygen atoms in total. The van der Waals surface area contributed by atoms with Gasteiger partial charge in [-0.3, -0.25) is 9.78 Å². The smallest absolute Gasteiger partial charge is 0.252 e. The summed E-state index contributed by atoms with van der Waals surface area (Å²) in [5.41, 5.74) is 0.864. The molecule has 2 aromatic heterocycles. The Kier molecular flexibility index (Phi) is 5.04. The average Bonchev–Trinajstić information content (AvgIpc) is 3.24. The van der Waals surface area contributed by atoms with Gasteiger partial charge in [-0.2, -0.15) is 0 Å². The van der Waals surface area contributed by atoms with Crippen LogP contribution in [0.5, 0.6) is 5.75 Å². The van der Waals surface area contributed by atoms with E-state index in [4.69, 9.17) is 4.74 Å². The molecule has 3 heterocycles. The molecule has 0 spiro atoms.